The number of hydrogen-bond donors (Lipinski definition) is 2. The maximum absolute atomic E-state index is 13.6. The number of nitro benzene ring substituents is 1. The number of hydrogen-bond acceptors (Lipinski definition) is 7. The molecule has 39 heavy (non-hydrogen) atoms. The van der Waals surface area contributed by atoms with Gasteiger partial charge in [0.05, 0.1) is 10.5 Å². The summed E-state index contributed by atoms with van der Waals surface area (Å²) in [5, 5.41) is 22.5. The number of benzene rings is 3. The Hall–Kier alpha value is -4.44. The first kappa shape index (κ1) is 26.2. The molecule has 1 unspecified atom stereocenters. The van der Waals surface area contributed by atoms with Gasteiger partial charge in [-0.2, -0.15) is 4.98 Å². The first-order valence-electron chi connectivity index (χ1n) is 12.6. The molecule has 1 aliphatic rings. The van der Waals surface area contributed by atoms with Gasteiger partial charge in [-0.1, -0.05) is 80.2 Å². The van der Waals surface area contributed by atoms with Crippen LogP contribution in [0.15, 0.2) is 95.3 Å². The van der Waals surface area contributed by atoms with E-state index in [0.717, 1.165) is 11.1 Å². The molecule has 10 heteroatoms. The van der Waals surface area contributed by atoms with E-state index in [0.29, 0.717) is 39.7 Å². The number of nitrogens with one attached hydrogen (secondary N) is 2. The molecule has 0 aliphatic carbocycles. The number of nitro groups is 1. The van der Waals surface area contributed by atoms with E-state index >= 15 is 0 Å². The summed E-state index contributed by atoms with van der Waals surface area (Å²) in [7, 11) is 0. The highest BCUT2D eigenvalue weighted by Crippen LogP contribution is 2.37. The zero-order chi connectivity index (χ0) is 27.5. The summed E-state index contributed by atoms with van der Waals surface area (Å²) in [5.41, 5.74) is 5.08. The second kappa shape index (κ2) is 11.1. The molecule has 1 aliphatic heterocycles. The zero-order valence-electron chi connectivity index (χ0n) is 21.8. The molecule has 1 atom stereocenters. The van der Waals surface area contributed by atoms with Crippen LogP contribution in [-0.4, -0.2) is 25.6 Å². The molecule has 1 amide bonds. The largest absolute Gasteiger partial charge is 0.328 e. The van der Waals surface area contributed by atoms with Crippen LogP contribution < -0.4 is 10.6 Å². The minimum atomic E-state index is -0.479. The fraction of sp³-hybridized carbons (Fsp3) is 0.207. The molecular formula is C29H28N6O3S. The third kappa shape index (κ3) is 5.70. The lowest BCUT2D eigenvalue weighted by Crippen LogP contribution is -2.31. The number of allylic oxidation sites excluding steroid dienone is 1. The molecule has 0 radical (unpaired) electrons. The number of carbonyl (C=O) groups excluding carboxylic acids is 1. The summed E-state index contributed by atoms with van der Waals surface area (Å²) in [6, 6.07) is 23.6. The fourth-order valence-electron chi connectivity index (χ4n) is 4.44. The van der Waals surface area contributed by atoms with Crippen molar-refractivity contribution in [2.75, 3.05) is 10.6 Å². The van der Waals surface area contributed by atoms with Gasteiger partial charge in [-0.3, -0.25) is 14.9 Å². The number of fused-ring (bicyclic) bond motifs is 1. The lowest BCUT2D eigenvalue weighted by molar-refractivity contribution is -0.384. The summed E-state index contributed by atoms with van der Waals surface area (Å²) in [4.78, 5) is 28.8. The maximum Gasteiger partial charge on any atom is 0.269 e. The molecule has 5 rings (SSSR count). The number of amides is 1. The summed E-state index contributed by atoms with van der Waals surface area (Å²) in [6.45, 7) is 6.16. The maximum atomic E-state index is 13.6. The highest BCUT2D eigenvalue weighted by Gasteiger charge is 2.34. The van der Waals surface area contributed by atoms with Crippen LogP contribution in [0.1, 0.15) is 49.4 Å². The van der Waals surface area contributed by atoms with E-state index in [1.165, 1.54) is 29.5 Å². The first-order valence-corrected chi connectivity index (χ1v) is 13.6. The quantitative estimate of drug-likeness (QED) is 0.148. The van der Waals surface area contributed by atoms with Crippen molar-refractivity contribution in [1.82, 2.24) is 14.8 Å². The summed E-state index contributed by atoms with van der Waals surface area (Å²) < 4.78 is 1.76. The Morgan fingerprint density at radius 1 is 1.08 bits per heavy atom. The lowest BCUT2D eigenvalue weighted by Gasteiger charge is -2.29. The van der Waals surface area contributed by atoms with Crippen molar-refractivity contribution >= 4 is 35.0 Å². The first-order chi connectivity index (χ1) is 18.8. The van der Waals surface area contributed by atoms with Gasteiger partial charge in [0.25, 0.3) is 11.6 Å². The van der Waals surface area contributed by atoms with Crippen molar-refractivity contribution < 1.29 is 9.72 Å². The molecule has 0 bridgehead atoms. The van der Waals surface area contributed by atoms with Crippen LogP contribution in [0.2, 0.25) is 0 Å². The van der Waals surface area contributed by atoms with Crippen LogP contribution in [0, 0.1) is 10.1 Å². The minimum Gasteiger partial charge on any atom is -0.328 e. The van der Waals surface area contributed by atoms with Gasteiger partial charge in [0.2, 0.25) is 11.1 Å². The van der Waals surface area contributed by atoms with Crippen molar-refractivity contribution in [3.8, 4) is 0 Å². The van der Waals surface area contributed by atoms with Gasteiger partial charge in [-0.15, -0.1) is 5.10 Å². The minimum absolute atomic E-state index is 0.0534. The molecule has 0 saturated carbocycles. The van der Waals surface area contributed by atoms with E-state index in [-0.39, 0.29) is 11.6 Å². The van der Waals surface area contributed by atoms with Crippen molar-refractivity contribution in [3.05, 3.63) is 117 Å². The fourth-order valence-corrected chi connectivity index (χ4v) is 5.22. The Labute approximate surface area is 230 Å². The van der Waals surface area contributed by atoms with Crippen LogP contribution in [-0.2, 0) is 10.5 Å². The molecule has 198 valence electrons. The predicted molar refractivity (Wildman–Crippen MR) is 153 cm³/mol. The van der Waals surface area contributed by atoms with Crippen LogP contribution in [0.3, 0.4) is 0 Å². The Morgan fingerprint density at radius 3 is 2.41 bits per heavy atom. The van der Waals surface area contributed by atoms with Crippen molar-refractivity contribution in [2.24, 2.45) is 0 Å². The molecule has 0 spiro atoms. The van der Waals surface area contributed by atoms with E-state index in [1.807, 2.05) is 49.4 Å². The number of rotatable bonds is 8. The topological polar surface area (TPSA) is 115 Å². The van der Waals surface area contributed by atoms with E-state index in [9.17, 15) is 14.9 Å². The van der Waals surface area contributed by atoms with E-state index < -0.39 is 11.0 Å². The summed E-state index contributed by atoms with van der Waals surface area (Å²) in [5.74, 6) is 1.26. The molecule has 4 aromatic rings. The number of anilines is 2. The van der Waals surface area contributed by atoms with Crippen molar-refractivity contribution in [2.45, 2.75) is 43.6 Å². The smallest absolute Gasteiger partial charge is 0.269 e. The Bertz CT molecular complexity index is 1530. The normalized spacial score (nSPS) is 14.6. The molecule has 3 aromatic carbocycles. The molecular weight excluding hydrogens is 512 g/mol. The Kier molecular flexibility index (Phi) is 7.47. The van der Waals surface area contributed by atoms with Crippen molar-refractivity contribution in [1.29, 1.82) is 0 Å². The van der Waals surface area contributed by atoms with Crippen LogP contribution >= 0.6 is 11.8 Å². The number of non-ortho nitro benzene ring substituents is 1. The van der Waals surface area contributed by atoms with Gasteiger partial charge in [0.1, 0.15) is 6.04 Å². The van der Waals surface area contributed by atoms with E-state index in [4.69, 9.17) is 10.1 Å². The second-order valence-corrected chi connectivity index (χ2v) is 10.5. The third-order valence-corrected chi connectivity index (χ3v) is 7.45. The Balaban J connectivity index is 1.46. The third-order valence-electron chi connectivity index (χ3n) is 6.54. The van der Waals surface area contributed by atoms with Gasteiger partial charge in [-0.25, -0.2) is 4.68 Å². The predicted octanol–water partition coefficient (Wildman–Crippen LogP) is 6.53. The highest BCUT2D eigenvalue weighted by atomic mass is 32.2. The number of para-hydroxylation sites is 1. The molecule has 2 heterocycles. The van der Waals surface area contributed by atoms with Crippen LogP contribution in [0.5, 0.6) is 0 Å². The van der Waals surface area contributed by atoms with E-state index in [1.54, 1.807) is 16.8 Å². The molecule has 0 saturated heterocycles. The lowest BCUT2D eigenvalue weighted by atomic mass is 9.93. The average molecular weight is 541 g/mol. The van der Waals surface area contributed by atoms with Gasteiger partial charge in [-0.05, 0) is 41.7 Å². The highest BCUT2D eigenvalue weighted by molar-refractivity contribution is 7.98. The standard InChI is InChI=1S/C29H28N6O3S/c1-18(2)21-11-13-22(14-12-21)26-25(27(36)31-23-7-5-4-6-8-23)19(3)30-28-32-29(33-34(26)28)39-17-20-9-15-24(16-10-20)35(37)38/h4-16,18,26H,17H2,1-3H3,(H,31,36)(H,30,32,33). The monoisotopic (exact) mass is 540 g/mol. The summed E-state index contributed by atoms with van der Waals surface area (Å²) in [6.07, 6.45) is 0. The van der Waals surface area contributed by atoms with E-state index in [2.05, 4.69) is 36.6 Å². The molecule has 0 fully saturated rings. The van der Waals surface area contributed by atoms with Gasteiger partial charge in [0, 0.05) is 29.3 Å². The summed E-state index contributed by atoms with van der Waals surface area (Å²) >= 11 is 1.43. The van der Waals surface area contributed by atoms with Gasteiger partial charge < -0.3 is 10.6 Å². The number of thioether (sulfide) groups is 1. The van der Waals surface area contributed by atoms with Gasteiger partial charge >= 0.3 is 0 Å². The van der Waals surface area contributed by atoms with Crippen molar-refractivity contribution in [3.63, 3.8) is 0 Å². The molecule has 1 aromatic heterocycles. The van der Waals surface area contributed by atoms with Crippen LogP contribution in [0.25, 0.3) is 0 Å². The SMILES string of the molecule is CC1=C(C(=O)Nc2ccccc2)C(c2ccc(C(C)C)cc2)n2nc(SCc3ccc([N+](=O)[O-])cc3)nc2N1. The second-order valence-electron chi connectivity index (χ2n) is 9.58. The molecule has 2 N–H and O–H groups in total. The van der Waals surface area contributed by atoms with Crippen LogP contribution in [0.4, 0.5) is 17.3 Å². The number of carbonyl (C=O) groups is 1. The average Bonchev–Trinajstić information content (AvgIpc) is 3.34. The number of nitrogens with zero attached hydrogens (tertiary/aromatic N) is 4. The zero-order valence-corrected chi connectivity index (χ0v) is 22.6. The van der Waals surface area contributed by atoms with Gasteiger partial charge in [0.15, 0.2) is 0 Å². The molecule has 9 nitrogen and oxygen atoms in total. The number of aromatic nitrogens is 3. The Morgan fingerprint density at radius 2 is 1.77 bits per heavy atom.